The molecule has 0 radical (unpaired) electrons. The van der Waals surface area contributed by atoms with Crippen molar-refractivity contribution in [3.63, 3.8) is 0 Å². The maximum atomic E-state index is 11.6. The Morgan fingerprint density at radius 3 is 2.65 bits per heavy atom. The number of hydrogen-bond acceptors (Lipinski definition) is 4. The monoisotopic (exact) mass is 232 g/mol. The molecule has 88 valence electrons. The lowest BCUT2D eigenvalue weighted by atomic mass is 10.1. The molecule has 0 aliphatic rings. The van der Waals surface area contributed by atoms with Crippen molar-refractivity contribution in [1.82, 2.24) is 0 Å². The smallest absolute Gasteiger partial charge is 0.338 e. The normalized spacial score (nSPS) is 10.8. The van der Waals surface area contributed by atoms with E-state index in [9.17, 15) is 9.59 Å². The van der Waals surface area contributed by atoms with E-state index in [1.165, 1.54) is 12.1 Å². The molecule has 0 aliphatic heterocycles. The Morgan fingerprint density at radius 1 is 1.24 bits per heavy atom. The van der Waals surface area contributed by atoms with Gasteiger partial charge in [-0.05, 0) is 32.0 Å². The second-order valence-corrected chi connectivity index (χ2v) is 3.96. The highest BCUT2D eigenvalue weighted by Crippen LogP contribution is 2.15. The van der Waals surface area contributed by atoms with Gasteiger partial charge in [-0.1, -0.05) is 6.07 Å². The third-order valence-electron chi connectivity index (χ3n) is 2.20. The van der Waals surface area contributed by atoms with E-state index in [-0.39, 0.29) is 6.10 Å². The van der Waals surface area contributed by atoms with E-state index < -0.39 is 11.6 Å². The minimum absolute atomic E-state index is 0.180. The standard InChI is InChI=1S/C13H12O4/c1-8(2)16-13(15)10-4-3-9-5-6-12(14)17-11(9)7-10/h3-8H,1-2H3. The van der Waals surface area contributed by atoms with Gasteiger partial charge in [0.15, 0.2) is 0 Å². The molecule has 17 heavy (non-hydrogen) atoms. The molecule has 0 N–H and O–H groups in total. The molecular formula is C13H12O4. The fraction of sp³-hybridized carbons (Fsp3) is 0.231. The summed E-state index contributed by atoms with van der Waals surface area (Å²) in [4.78, 5) is 22.7. The summed E-state index contributed by atoms with van der Waals surface area (Å²) in [5, 5.41) is 0.769. The summed E-state index contributed by atoms with van der Waals surface area (Å²) in [7, 11) is 0. The summed E-state index contributed by atoms with van der Waals surface area (Å²) >= 11 is 0. The summed E-state index contributed by atoms with van der Waals surface area (Å²) in [5.41, 5.74) is 0.322. The predicted molar refractivity (Wildman–Crippen MR) is 63.0 cm³/mol. The van der Waals surface area contributed by atoms with Gasteiger partial charge in [-0.2, -0.15) is 0 Å². The first-order chi connectivity index (χ1) is 8.06. The van der Waals surface area contributed by atoms with Crippen LogP contribution in [0.15, 0.2) is 39.5 Å². The zero-order valence-corrected chi connectivity index (χ0v) is 9.60. The molecule has 4 heteroatoms. The molecule has 0 fully saturated rings. The number of ether oxygens (including phenoxy) is 1. The molecule has 1 aromatic carbocycles. The number of fused-ring (bicyclic) bond motifs is 1. The average Bonchev–Trinajstić information content (AvgIpc) is 2.27. The van der Waals surface area contributed by atoms with Crippen molar-refractivity contribution in [3.8, 4) is 0 Å². The van der Waals surface area contributed by atoms with Gasteiger partial charge in [0.1, 0.15) is 5.58 Å². The van der Waals surface area contributed by atoms with Gasteiger partial charge in [0, 0.05) is 11.5 Å². The second kappa shape index (κ2) is 4.41. The number of carbonyl (C=O) groups excluding carboxylic acids is 1. The van der Waals surface area contributed by atoms with Crippen LogP contribution in [0.25, 0.3) is 11.0 Å². The Labute approximate surface area is 97.8 Å². The van der Waals surface area contributed by atoms with Gasteiger partial charge in [0.2, 0.25) is 0 Å². The highest BCUT2D eigenvalue weighted by atomic mass is 16.5. The number of benzene rings is 1. The molecule has 1 heterocycles. The van der Waals surface area contributed by atoms with E-state index in [1.54, 1.807) is 32.0 Å². The van der Waals surface area contributed by atoms with Crippen molar-refractivity contribution >= 4 is 16.9 Å². The van der Waals surface area contributed by atoms with Crippen LogP contribution in [0.5, 0.6) is 0 Å². The molecular weight excluding hydrogens is 220 g/mol. The number of hydrogen-bond donors (Lipinski definition) is 0. The average molecular weight is 232 g/mol. The molecule has 0 saturated carbocycles. The molecule has 0 unspecified atom stereocenters. The number of carbonyl (C=O) groups is 1. The van der Waals surface area contributed by atoms with Crippen LogP contribution < -0.4 is 5.63 Å². The molecule has 0 atom stereocenters. The van der Waals surface area contributed by atoms with Crippen LogP contribution in [0.3, 0.4) is 0 Å². The molecule has 0 amide bonds. The summed E-state index contributed by atoms with van der Waals surface area (Å²) in [6, 6.07) is 7.87. The largest absolute Gasteiger partial charge is 0.459 e. The summed E-state index contributed by atoms with van der Waals surface area (Å²) in [6.07, 6.45) is -0.180. The first-order valence-corrected chi connectivity index (χ1v) is 5.31. The van der Waals surface area contributed by atoms with Gasteiger partial charge in [-0.15, -0.1) is 0 Å². The Bertz CT molecular complexity index is 610. The van der Waals surface area contributed by atoms with E-state index in [1.807, 2.05) is 0 Å². The topological polar surface area (TPSA) is 56.5 Å². The van der Waals surface area contributed by atoms with Crippen LogP contribution in [-0.2, 0) is 4.74 Å². The van der Waals surface area contributed by atoms with Crippen LogP contribution in [0, 0.1) is 0 Å². The predicted octanol–water partition coefficient (Wildman–Crippen LogP) is 2.36. The zero-order chi connectivity index (χ0) is 12.4. The molecule has 2 rings (SSSR count). The van der Waals surface area contributed by atoms with Crippen LogP contribution in [0.2, 0.25) is 0 Å². The van der Waals surface area contributed by atoms with E-state index in [0.717, 1.165) is 5.39 Å². The summed E-state index contributed by atoms with van der Waals surface area (Å²) < 4.78 is 10.1. The molecule has 0 saturated heterocycles. The Kier molecular flexibility index (Phi) is 2.95. The quantitative estimate of drug-likeness (QED) is 0.589. The molecule has 2 aromatic rings. The lowest BCUT2D eigenvalue weighted by Gasteiger charge is -2.07. The van der Waals surface area contributed by atoms with Gasteiger partial charge in [-0.3, -0.25) is 0 Å². The van der Waals surface area contributed by atoms with Crippen molar-refractivity contribution in [2.24, 2.45) is 0 Å². The van der Waals surface area contributed by atoms with Gasteiger partial charge < -0.3 is 9.15 Å². The third-order valence-corrected chi connectivity index (χ3v) is 2.20. The van der Waals surface area contributed by atoms with Gasteiger partial charge >= 0.3 is 11.6 Å². The number of rotatable bonds is 2. The van der Waals surface area contributed by atoms with Crippen molar-refractivity contribution < 1.29 is 13.9 Å². The first-order valence-electron chi connectivity index (χ1n) is 5.31. The lowest BCUT2D eigenvalue weighted by Crippen LogP contribution is -2.11. The fourth-order valence-corrected chi connectivity index (χ4v) is 1.47. The van der Waals surface area contributed by atoms with E-state index in [2.05, 4.69) is 0 Å². The number of esters is 1. The molecule has 0 spiro atoms. The molecule has 0 bridgehead atoms. The van der Waals surface area contributed by atoms with Gasteiger partial charge in [0.25, 0.3) is 0 Å². The van der Waals surface area contributed by atoms with Crippen molar-refractivity contribution in [1.29, 1.82) is 0 Å². The summed E-state index contributed by atoms with van der Waals surface area (Å²) in [6.45, 7) is 3.55. The maximum Gasteiger partial charge on any atom is 0.338 e. The van der Waals surface area contributed by atoms with Crippen LogP contribution >= 0.6 is 0 Å². The van der Waals surface area contributed by atoms with E-state index >= 15 is 0 Å². The van der Waals surface area contributed by atoms with E-state index in [0.29, 0.717) is 11.1 Å². The molecule has 4 nitrogen and oxygen atoms in total. The lowest BCUT2D eigenvalue weighted by molar-refractivity contribution is 0.0378. The Balaban J connectivity index is 2.43. The van der Waals surface area contributed by atoms with Gasteiger partial charge in [0.05, 0.1) is 11.7 Å². The van der Waals surface area contributed by atoms with Crippen molar-refractivity contribution in [2.75, 3.05) is 0 Å². The zero-order valence-electron chi connectivity index (χ0n) is 9.60. The Morgan fingerprint density at radius 2 is 1.94 bits per heavy atom. The van der Waals surface area contributed by atoms with E-state index in [4.69, 9.17) is 9.15 Å². The van der Waals surface area contributed by atoms with Crippen molar-refractivity contribution in [3.05, 3.63) is 46.3 Å². The van der Waals surface area contributed by atoms with Gasteiger partial charge in [-0.25, -0.2) is 9.59 Å². The van der Waals surface area contributed by atoms with Crippen LogP contribution in [0.1, 0.15) is 24.2 Å². The fourth-order valence-electron chi connectivity index (χ4n) is 1.47. The summed E-state index contributed by atoms with van der Waals surface area (Å²) in [5.74, 6) is -0.423. The SMILES string of the molecule is CC(C)OC(=O)c1ccc2ccc(=O)oc2c1. The maximum absolute atomic E-state index is 11.6. The molecule has 1 aromatic heterocycles. The second-order valence-electron chi connectivity index (χ2n) is 3.96. The van der Waals surface area contributed by atoms with Crippen LogP contribution in [0.4, 0.5) is 0 Å². The Hall–Kier alpha value is -2.10. The molecule has 0 aliphatic carbocycles. The van der Waals surface area contributed by atoms with Crippen LogP contribution in [-0.4, -0.2) is 12.1 Å². The van der Waals surface area contributed by atoms with Crippen molar-refractivity contribution in [2.45, 2.75) is 20.0 Å². The third kappa shape index (κ3) is 2.53. The highest BCUT2D eigenvalue weighted by molar-refractivity contribution is 5.93. The minimum Gasteiger partial charge on any atom is -0.459 e. The first kappa shape index (κ1) is 11.4. The minimum atomic E-state index is -0.438. The highest BCUT2D eigenvalue weighted by Gasteiger charge is 2.10.